The van der Waals surface area contributed by atoms with Crippen LogP contribution in [0.2, 0.25) is 0 Å². The minimum atomic E-state index is -5.03. The van der Waals surface area contributed by atoms with Gasteiger partial charge in [-0.15, -0.1) is 0 Å². The number of methoxy groups -OCH3 is 1. The highest BCUT2D eigenvalue weighted by Gasteiger charge is 2.52. The lowest BCUT2D eigenvalue weighted by molar-refractivity contribution is -0.167. The van der Waals surface area contributed by atoms with Gasteiger partial charge in [0, 0.05) is 18.8 Å². The van der Waals surface area contributed by atoms with Crippen LogP contribution in [0.3, 0.4) is 0 Å². The molecular formula is C35H33F6N3O6. The van der Waals surface area contributed by atoms with Gasteiger partial charge in [0.15, 0.2) is 11.9 Å². The molecule has 0 aromatic heterocycles. The topological polar surface area (TPSA) is 135 Å². The standard InChI is InChI=1S/C35H33F6N3O6/c1-20(2)27(31(46)35(40,41)33(48)43-19-34(37,38)39)17-28(45)30(23-10-12-25(49-3)13-11-23)44-32(47)29(16-21-6-4-8-24(36)14-21)50-26-9-5-7-22(15-26)18-42/h4-15,20,27,29-30H,16-17,19H2,1-3H3,(H,43,48)(H,44,47)/t27-,29+,30-/m0/s1. The van der Waals surface area contributed by atoms with Gasteiger partial charge in [0.05, 0.1) is 18.7 Å². The Morgan fingerprint density at radius 3 is 2.14 bits per heavy atom. The van der Waals surface area contributed by atoms with Crippen molar-refractivity contribution in [3.8, 4) is 17.6 Å². The lowest BCUT2D eigenvalue weighted by atomic mass is 9.82. The zero-order valence-corrected chi connectivity index (χ0v) is 27.0. The minimum absolute atomic E-state index is 0.0874. The van der Waals surface area contributed by atoms with Crippen molar-refractivity contribution in [1.29, 1.82) is 5.26 Å². The highest BCUT2D eigenvalue weighted by atomic mass is 19.4. The molecule has 3 rings (SSSR count). The van der Waals surface area contributed by atoms with Crippen molar-refractivity contribution < 1.29 is 55.0 Å². The molecule has 0 aliphatic rings. The average molecular weight is 706 g/mol. The van der Waals surface area contributed by atoms with E-state index in [9.17, 15) is 50.8 Å². The largest absolute Gasteiger partial charge is 0.497 e. The smallest absolute Gasteiger partial charge is 0.405 e. The van der Waals surface area contributed by atoms with E-state index in [0.717, 1.165) is 11.4 Å². The van der Waals surface area contributed by atoms with Gasteiger partial charge in [0.2, 0.25) is 5.78 Å². The molecule has 3 aromatic carbocycles. The molecule has 0 spiro atoms. The molecule has 9 nitrogen and oxygen atoms in total. The van der Waals surface area contributed by atoms with Crippen LogP contribution in [-0.4, -0.2) is 55.2 Å². The Morgan fingerprint density at radius 2 is 1.56 bits per heavy atom. The number of halogens is 6. The van der Waals surface area contributed by atoms with E-state index in [1.165, 1.54) is 87.7 Å². The second-order valence-electron chi connectivity index (χ2n) is 11.6. The number of Topliss-reactive ketones (excluding diaryl/α,β-unsaturated/α-hetero) is 2. The Kier molecular flexibility index (Phi) is 13.1. The molecule has 2 amide bonds. The van der Waals surface area contributed by atoms with Gasteiger partial charge in [-0.25, -0.2) is 4.39 Å². The van der Waals surface area contributed by atoms with Crippen molar-refractivity contribution in [2.75, 3.05) is 13.7 Å². The van der Waals surface area contributed by atoms with E-state index in [0.29, 0.717) is 11.3 Å². The number of benzene rings is 3. The van der Waals surface area contributed by atoms with Crippen LogP contribution in [0.25, 0.3) is 0 Å². The van der Waals surface area contributed by atoms with E-state index < -0.39 is 78.2 Å². The summed E-state index contributed by atoms with van der Waals surface area (Å²) in [6.07, 6.45) is -7.64. The fraction of sp³-hybridized carbons (Fsp3) is 0.343. The third-order valence-corrected chi connectivity index (χ3v) is 7.51. The Morgan fingerprint density at radius 1 is 0.900 bits per heavy atom. The first-order chi connectivity index (χ1) is 23.4. The molecular weight excluding hydrogens is 672 g/mol. The molecule has 3 aromatic rings. The van der Waals surface area contributed by atoms with Gasteiger partial charge in [-0.1, -0.05) is 44.2 Å². The van der Waals surface area contributed by atoms with Gasteiger partial charge < -0.3 is 20.1 Å². The number of ketones is 2. The number of alkyl halides is 5. The van der Waals surface area contributed by atoms with Crippen LogP contribution in [0.15, 0.2) is 72.8 Å². The number of hydrogen-bond donors (Lipinski definition) is 2. The average Bonchev–Trinajstić information content (AvgIpc) is 3.07. The number of nitrogens with one attached hydrogen (secondary N) is 2. The summed E-state index contributed by atoms with van der Waals surface area (Å²) in [5.74, 6) is -14.4. The second-order valence-corrected chi connectivity index (χ2v) is 11.6. The number of amides is 2. The summed E-state index contributed by atoms with van der Waals surface area (Å²) in [4.78, 5) is 52.6. The lowest BCUT2D eigenvalue weighted by Crippen LogP contribution is -2.51. The third kappa shape index (κ3) is 10.8. The first-order valence-electron chi connectivity index (χ1n) is 15.1. The predicted molar refractivity (Wildman–Crippen MR) is 167 cm³/mol. The molecule has 2 N–H and O–H groups in total. The zero-order chi connectivity index (χ0) is 37.2. The molecule has 0 saturated carbocycles. The minimum Gasteiger partial charge on any atom is -0.497 e. The number of ether oxygens (including phenoxy) is 2. The Bertz CT molecular complexity index is 1720. The van der Waals surface area contributed by atoms with Gasteiger partial charge >= 0.3 is 12.1 Å². The quantitative estimate of drug-likeness (QED) is 0.145. The van der Waals surface area contributed by atoms with E-state index >= 15 is 0 Å². The molecule has 0 radical (unpaired) electrons. The summed E-state index contributed by atoms with van der Waals surface area (Å²) >= 11 is 0. The molecule has 0 aliphatic heterocycles. The summed E-state index contributed by atoms with van der Waals surface area (Å²) in [6, 6.07) is 17.1. The van der Waals surface area contributed by atoms with Crippen LogP contribution in [0.1, 0.15) is 43.0 Å². The van der Waals surface area contributed by atoms with E-state index in [2.05, 4.69) is 5.32 Å². The molecule has 3 atom stereocenters. The molecule has 15 heteroatoms. The van der Waals surface area contributed by atoms with Crippen molar-refractivity contribution in [3.05, 3.63) is 95.3 Å². The van der Waals surface area contributed by atoms with Crippen LogP contribution in [0, 0.1) is 29.0 Å². The molecule has 0 saturated heterocycles. The number of nitriles is 1. The van der Waals surface area contributed by atoms with Crippen molar-refractivity contribution in [2.45, 2.75) is 50.9 Å². The Hall–Kier alpha value is -5.39. The van der Waals surface area contributed by atoms with Crippen LogP contribution < -0.4 is 20.1 Å². The first-order valence-corrected chi connectivity index (χ1v) is 15.1. The first kappa shape index (κ1) is 39.1. The fourth-order valence-corrected chi connectivity index (χ4v) is 4.85. The monoisotopic (exact) mass is 705 g/mol. The number of hydrogen-bond acceptors (Lipinski definition) is 7. The predicted octanol–water partition coefficient (Wildman–Crippen LogP) is 5.67. The number of carbonyl (C=O) groups excluding carboxylic acids is 4. The van der Waals surface area contributed by atoms with Crippen molar-refractivity contribution in [2.24, 2.45) is 11.8 Å². The van der Waals surface area contributed by atoms with E-state index in [1.807, 2.05) is 6.07 Å². The highest BCUT2D eigenvalue weighted by Crippen LogP contribution is 2.31. The third-order valence-electron chi connectivity index (χ3n) is 7.51. The van der Waals surface area contributed by atoms with Gasteiger partial charge in [0.25, 0.3) is 11.8 Å². The Balaban J connectivity index is 1.97. The maximum absolute atomic E-state index is 14.9. The molecule has 0 bridgehead atoms. The van der Waals surface area contributed by atoms with Gasteiger partial charge in [-0.2, -0.15) is 27.2 Å². The second kappa shape index (κ2) is 16.8. The molecule has 0 heterocycles. The summed E-state index contributed by atoms with van der Waals surface area (Å²) in [7, 11) is 1.37. The summed E-state index contributed by atoms with van der Waals surface area (Å²) in [6.45, 7) is 0.503. The van der Waals surface area contributed by atoms with Crippen molar-refractivity contribution >= 4 is 23.4 Å². The van der Waals surface area contributed by atoms with Gasteiger partial charge in [-0.3, -0.25) is 19.2 Å². The molecule has 0 aliphatic carbocycles. The van der Waals surface area contributed by atoms with Crippen LogP contribution >= 0.6 is 0 Å². The SMILES string of the molecule is COc1ccc([C@H](NC(=O)[C@@H](Cc2cccc(F)c2)Oc2cccc(C#N)c2)C(=O)C[C@H](C(=O)C(F)(F)C(=O)NCC(F)(F)F)C(C)C)cc1. The molecule has 266 valence electrons. The van der Waals surface area contributed by atoms with Crippen LogP contribution in [0.5, 0.6) is 11.5 Å². The van der Waals surface area contributed by atoms with Crippen LogP contribution in [-0.2, 0) is 25.6 Å². The summed E-state index contributed by atoms with van der Waals surface area (Å²) in [5, 5.41) is 12.8. The maximum atomic E-state index is 14.9. The normalized spacial score (nSPS) is 13.4. The summed E-state index contributed by atoms with van der Waals surface area (Å²) in [5.41, 5.74) is 0.655. The summed E-state index contributed by atoms with van der Waals surface area (Å²) < 4.78 is 92.5. The number of rotatable bonds is 16. The van der Waals surface area contributed by atoms with Crippen molar-refractivity contribution in [1.82, 2.24) is 10.6 Å². The van der Waals surface area contributed by atoms with E-state index in [4.69, 9.17) is 9.47 Å². The highest BCUT2D eigenvalue weighted by molar-refractivity contribution is 6.09. The molecule has 0 fully saturated rings. The number of carbonyl (C=O) groups is 4. The zero-order valence-electron chi connectivity index (χ0n) is 27.0. The molecule has 50 heavy (non-hydrogen) atoms. The van der Waals surface area contributed by atoms with E-state index in [1.54, 1.807) is 0 Å². The Labute approximate surface area is 283 Å². The van der Waals surface area contributed by atoms with Gasteiger partial charge in [0.1, 0.15) is 29.9 Å². The lowest BCUT2D eigenvalue weighted by Gasteiger charge is -2.27. The van der Waals surface area contributed by atoms with Gasteiger partial charge in [-0.05, 0) is 59.5 Å². The van der Waals surface area contributed by atoms with E-state index in [-0.39, 0.29) is 23.3 Å². The molecule has 0 unspecified atom stereocenters. The maximum Gasteiger partial charge on any atom is 0.405 e. The van der Waals surface area contributed by atoms with Crippen molar-refractivity contribution in [3.63, 3.8) is 0 Å². The van der Waals surface area contributed by atoms with Crippen LogP contribution in [0.4, 0.5) is 26.3 Å². The fourth-order valence-electron chi connectivity index (χ4n) is 4.85. The number of nitrogens with zero attached hydrogens (tertiary/aromatic N) is 1.